The Morgan fingerprint density at radius 3 is 0.889 bits per heavy atom. The number of rotatable bonds is 9. The molecule has 0 fully saturated rings. The van der Waals surface area contributed by atoms with E-state index in [1.54, 1.807) is 0 Å². The minimum Gasteiger partial charge on any atom is -0.870 e. The predicted molar refractivity (Wildman–Crippen MR) is 77.4 cm³/mol. The molecule has 0 aromatic carbocycles. The lowest BCUT2D eigenvalue weighted by atomic mass is 10.1. The maximum absolute atomic E-state index is 2.28. The molecular formula is C14H36N2O2. The van der Waals surface area contributed by atoms with Gasteiger partial charge >= 0.3 is 0 Å². The van der Waals surface area contributed by atoms with Gasteiger partial charge in [0, 0.05) is 0 Å². The van der Waals surface area contributed by atoms with Crippen molar-refractivity contribution < 1.29 is 19.9 Å². The molecule has 2 N–H and O–H groups in total. The summed E-state index contributed by atoms with van der Waals surface area (Å²) in [5, 5.41) is 0. The SMILES string of the molecule is C[N+](C)(C)CCCCCCCC[N+](C)(C)C.[OH-].[OH-]. The summed E-state index contributed by atoms with van der Waals surface area (Å²) in [5.41, 5.74) is 0. The van der Waals surface area contributed by atoms with Gasteiger partial charge < -0.3 is 19.9 Å². The van der Waals surface area contributed by atoms with Crippen LogP contribution in [0.3, 0.4) is 0 Å². The van der Waals surface area contributed by atoms with Crippen LogP contribution in [0.5, 0.6) is 0 Å². The van der Waals surface area contributed by atoms with Crippen LogP contribution in [-0.2, 0) is 0 Å². The third-order valence-electron chi connectivity index (χ3n) is 2.91. The van der Waals surface area contributed by atoms with Crippen LogP contribution in [-0.4, -0.2) is 75.3 Å². The minimum atomic E-state index is 0. The van der Waals surface area contributed by atoms with Crippen LogP contribution in [0.25, 0.3) is 0 Å². The van der Waals surface area contributed by atoms with E-state index in [2.05, 4.69) is 42.3 Å². The van der Waals surface area contributed by atoms with E-state index in [1.165, 1.54) is 51.6 Å². The van der Waals surface area contributed by atoms with E-state index >= 15 is 0 Å². The Morgan fingerprint density at radius 2 is 0.667 bits per heavy atom. The number of hydrogen-bond acceptors (Lipinski definition) is 2. The van der Waals surface area contributed by atoms with Gasteiger partial charge in [-0.1, -0.05) is 12.8 Å². The summed E-state index contributed by atoms with van der Waals surface area (Å²) in [6.45, 7) is 2.64. The normalized spacial score (nSPS) is 11.7. The Kier molecular flexibility index (Phi) is 13.7. The monoisotopic (exact) mass is 264 g/mol. The van der Waals surface area contributed by atoms with Crippen molar-refractivity contribution in [3.05, 3.63) is 0 Å². The molecule has 0 radical (unpaired) electrons. The molecule has 0 bridgehead atoms. The zero-order chi connectivity index (χ0) is 12.7. The van der Waals surface area contributed by atoms with Gasteiger partial charge in [-0.05, 0) is 25.7 Å². The van der Waals surface area contributed by atoms with E-state index in [9.17, 15) is 0 Å². The molecule has 0 aromatic heterocycles. The van der Waals surface area contributed by atoms with Crippen molar-refractivity contribution in [1.82, 2.24) is 0 Å². The van der Waals surface area contributed by atoms with Crippen LogP contribution in [0.15, 0.2) is 0 Å². The number of quaternary nitrogens is 2. The van der Waals surface area contributed by atoms with Gasteiger partial charge in [0.2, 0.25) is 0 Å². The third kappa shape index (κ3) is 21.2. The van der Waals surface area contributed by atoms with Crippen LogP contribution < -0.4 is 0 Å². The van der Waals surface area contributed by atoms with Gasteiger partial charge in [0.15, 0.2) is 0 Å². The molecule has 0 aliphatic rings. The Balaban J connectivity index is -0.00000112. The van der Waals surface area contributed by atoms with Crippen molar-refractivity contribution in [3.63, 3.8) is 0 Å². The van der Waals surface area contributed by atoms with Crippen molar-refractivity contribution in [2.75, 3.05) is 55.4 Å². The average Bonchev–Trinajstić information content (AvgIpc) is 2.06. The molecule has 0 aromatic rings. The van der Waals surface area contributed by atoms with Crippen LogP contribution in [0.1, 0.15) is 38.5 Å². The summed E-state index contributed by atoms with van der Waals surface area (Å²) in [5.74, 6) is 0. The molecule has 0 aliphatic heterocycles. The lowest BCUT2D eigenvalue weighted by molar-refractivity contribution is -0.870. The van der Waals surface area contributed by atoms with E-state index < -0.39 is 0 Å². The predicted octanol–water partition coefficient (Wildman–Crippen LogP) is 2.39. The lowest BCUT2D eigenvalue weighted by Crippen LogP contribution is -2.35. The van der Waals surface area contributed by atoms with Crippen LogP contribution in [0.2, 0.25) is 0 Å². The first kappa shape index (κ1) is 23.0. The van der Waals surface area contributed by atoms with Crippen molar-refractivity contribution in [1.29, 1.82) is 0 Å². The van der Waals surface area contributed by atoms with E-state index in [4.69, 9.17) is 0 Å². The van der Waals surface area contributed by atoms with E-state index in [1.807, 2.05) is 0 Å². The Morgan fingerprint density at radius 1 is 0.444 bits per heavy atom. The molecule has 0 unspecified atom stereocenters. The highest BCUT2D eigenvalue weighted by Crippen LogP contribution is 2.08. The van der Waals surface area contributed by atoms with Gasteiger partial charge in [-0.25, -0.2) is 0 Å². The minimum absolute atomic E-state index is 0. The topological polar surface area (TPSA) is 60.0 Å². The summed E-state index contributed by atoms with van der Waals surface area (Å²) < 4.78 is 2.23. The van der Waals surface area contributed by atoms with E-state index in [0.29, 0.717) is 0 Å². The maximum atomic E-state index is 2.28. The van der Waals surface area contributed by atoms with Gasteiger partial charge in [-0.15, -0.1) is 0 Å². The number of hydrogen-bond donors (Lipinski definition) is 0. The molecular weight excluding hydrogens is 228 g/mol. The second-order valence-corrected chi connectivity index (χ2v) is 7.15. The largest absolute Gasteiger partial charge is 0.870 e. The van der Waals surface area contributed by atoms with E-state index in [-0.39, 0.29) is 11.0 Å². The number of unbranched alkanes of at least 4 members (excludes halogenated alkanes) is 5. The summed E-state index contributed by atoms with van der Waals surface area (Å²) in [4.78, 5) is 0. The molecule has 0 saturated heterocycles. The highest BCUT2D eigenvalue weighted by Gasteiger charge is 2.06. The fourth-order valence-corrected chi connectivity index (χ4v) is 1.88. The molecule has 18 heavy (non-hydrogen) atoms. The molecule has 0 heterocycles. The summed E-state index contributed by atoms with van der Waals surface area (Å²) in [7, 11) is 13.7. The summed E-state index contributed by atoms with van der Waals surface area (Å²) >= 11 is 0. The first-order valence-electron chi connectivity index (χ1n) is 6.82. The van der Waals surface area contributed by atoms with Crippen LogP contribution >= 0.6 is 0 Å². The Hall–Kier alpha value is -0.160. The van der Waals surface area contributed by atoms with Gasteiger partial charge in [-0.3, -0.25) is 0 Å². The number of nitrogens with zero attached hydrogens (tertiary/aromatic N) is 2. The molecule has 0 saturated carbocycles. The molecule has 4 heteroatoms. The average molecular weight is 264 g/mol. The van der Waals surface area contributed by atoms with Crippen molar-refractivity contribution in [2.24, 2.45) is 0 Å². The standard InChI is InChI=1S/C14H34N2.2H2O/c1-15(2,3)13-11-9-7-8-10-12-14-16(4,5)6;;/h7-14H2,1-6H3;2*1H2/q+2;;/p-2. The molecule has 114 valence electrons. The lowest BCUT2D eigenvalue weighted by Gasteiger charge is -2.24. The van der Waals surface area contributed by atoms with Crippen molar-refractivity contribution in [2.45, 2.75) is 38.5 Å². The van der Waals surface area contributed by atoms with Crippen molar-refractivity contribution in [3.8, 4) is 0 Å². The Labute approximate surface area is 114 Å². The second-order valence-electron chi connectivity index (χ2n) is 7.15. The maximum Gasteiger partial charge on any atom is 0.0780 e. The smallest absolute Gasteiger partial charge is 0.0780 e. The molecule has 4 nitrogen and oxygen atoms in total. The zero-order valence-corrected chi connectivity index (χ0v) is 13.4. The van der Waals surface area contributed by atoms with Gasteiger partial charge in [0.1, 0.15) is 0 Å². The fourth-order valence-electron chi connectivity index (χ4n) is 1.88. The third-order valence-corrected chi connectivity index (χ3v) is 2.91. The Bertz CT molecular complexity index is 152. The first-order chi connectivity index (χ1) is 7.21. The van der Waals surface area contributed by atoms with Crippen molar-refractivity contribution >= 4 is 0 Å². The quantitative estimate of drug-likeness (QED) is 0.474. The molecule has 0 rings (SSSR count). The zero-order valence-electron chi connectivity index (χ0n) is 13.4. The second kappa shape index (κ2) is 10.7. The molecule has 0 atom stereocenters. The van der Waals surface area contributed by atoms with Gasteiger partial charge in [-0.2, -0.15) is 0 Å². The first-order valence-corrected chi connectivity index (χ1v) is 6.82. The molecule has 0 spiro atoms. The van der Waals surface area contributed by atoms with Crippen LogP contribution in [0, 0.1) is 0 Å². The highest BCUT2D eigenvalue weighted by molar-refractivity contribution is 4.45. The summed E-state index contributed by atoms with van der Waals surface area (Å²) in [6, 6.07) is 0. The van der Waals surface area contributed by atoms with Crippen LogP contribution in [0.4, 0.5) is 0 Å². The summed E-state index contributed by atoms with van der Waals surface area (Å²) in [6.07, 6.45) is 8.46. The molecule has 0 amide bonds. The van der Waals surface area contributed by atoms with Gasteiger partial charge in [0.25, 0.3) is 0 Å². The van der Waals surface area contributed by atoms with E-state index in [0.717, 1.165) is 8.97 Å². The molecule has 0 aliphatic carbocycles. The highest BCUT2D eigenvalue weighted by atomic mass is 16.0. The fraction of sp³-hybridized carbons (Fsp3) is 1.00. The van der Waals surface area contributed by atoms with Gasteiger partial charge in [0.05, 0.1) is 55.4 Å².